The number of imide groups is 1. The van der Waals surface area contributed by atoms with Crippen molar-refractivity contribution in [2.24, 2.45) is 0 Å². The molecule has 0 aliphatic carbocycles. The molecule has 31 heavy (non-hydrogen) atoms. The lowest BCUT2D eigenvalue weighted by molar-refractivity contribution is 0.0592. The van der Waals surface area contributed by atoms with Crippen molar-refractivity contribution in [1.82, 2.24) is 15.1 Å². The molecule has 1 aliphatic heterocycles. The Hall–Kier alpha value is -3.51. The zero-order valence-electron chi connectivity index (χ0n) is 17.1. The minimum atomic E-state index is -0.570. The second kappa shape index (κ2) is 7.63. The van der Waals surface area contributed by atoms with Gasteiger partial charge in [0.15, 0.2) is 0 Å². The summed E-state index contributed by atoms with van der Waals surface area (Å²) in [4.78, 5) is 28.6. The van der Waals surface area contributed by atoms with E-state index in [-0.39, 0.29) is 11.8 Å². The van der Waals surface area contributed by atoms with Crippen LogP contribution in [0, 0.1) is 0 Å². The lowest BCUT2D eigenvalue weighted by atomic mass is 9.96. The molecule has 2 heterocycles. The number of carbonyl (C=O) groups is 2. The highest BCUT2D eigenvalue weighted by atomic mass is 32.2. The van der Waals surface area contributed by atoms with Crippen LogP contribution in [0.4, 0.5) is 0 Å². The Morgan fingerprint density at radius 2 is 1.42 bits per heavy atom. The molecule has 0 saturated carbocycles. The van der Waals surface area contributed by atoms with Crippen molar-refractivity contribution in [3.63, 3.8) is 0 Å². The number of rotatable bonds is 4. The number of fused-ring (bicyclic) bond motifs is 2. The van der Waals surface area contributed by atoms with E-state index in [0.717, 1.165) is 26.9 Å². The van der Waals surface area contributed by atoms with E-state index in [1.165, 1.54) is 4.90 Å². The Morgan fingerprint density at radius 3 is 2.06 bits per heavy atom. The van der Waals surface area contributed by atoms with Crippen molar-refractivity contribution in [2.75, 3.05) is 6.26 Å². The SMILES string of the molecule is CSc1ccc(-c2c(C(C)N3C(=O)c4ccccc4C3=O)nnc3ccccc23)cc1. The number of amides is 2. The fraction of sp³-hybridized carbons (Fsp3) is 0.120. The number of aromatic nitrogens is 2. The van der Waals surface area contributed by atoms with Gasteiger partial charge in [-0.05, 0) is 49.1 Å². The number of hydrogen-bond donors (Lipinski definition) is 0. The van der Waals surface area contributed by atoms with Crippen molar-refractivity contribution in [3.8, 4) is 11.1 Å². The van der Waals surface area contributed by atoms with Crippen LogP contribution in [-0.2, 0) is 0 Å². The first-order valence-corrected chi connectivity index (χ1v) is 11.2. The van der Waals surface area contributed by atoms with Crippen LogP contribution >= 0.6 is 11.8 Å². The van der Waals surface area contributed by atoms with Gasteiger partial charge in [-0.15, -0.1) is 11.8 Å². The van der Waals surface area contributed by atoms with Gasteiger partial charge in [0, 0.05) is 15.8 Å². The second-order valence-corrected chi connectivity index (χ2v) is 8.29. The maximum absolute atomic E-state index is 13.1. The minimum Gasteiger partial charge on any atom is -0.269 e. The van der Waals surface area contributed by atoms with Gasteiger partial charge in [0.2, 0.25) is 0 Å². The Kier molecular flexibility index (Phi) is 4.79. The van der Waals surface area contributed by atoms with E-state index < -0.39 is 6.04 Å². The van der Waals surface area contributed by atoms with Crippen molar-refractivity contribution in [1.29, 1.82) is 0 Å². The van der Waals surface area contributed by atoms with Crippen LogP contribution in [-0.4, -0.2) is 33.2 Å². The fourth-order valence-corrected chi connectivity index (χ4v) is 4.51. The third-order valence-electron chi connectivity index (χ3n) is 5.68. The summed E-state index contributed by atoms with van der Waals surface area (Å²) in [7, 11) is 0. The number of hydrogen-bond acceptors (Lipinski definition) is 5. The molecule has 1 atom stereocenters. The van der Waals surface area contributed by atoms with E-state index in [1.807, 2.05) is 49.6 Å². The van der Waals surface area contributed by atoms with Gasteiger partial charge in [0.05, 0.1) is 28.4 Å². The molecule has 6 heteroatoms. The molecule has 0 fully saturated rings. The topological polar surface area (TPSA) is 63.2 Å². The summed E-state index contributed by atoms with van der Waals surface area (Å²) >= 11 is 1.68. The lowest BCUT2D eigenvalue weighted by Crippen LogP contribution is -2.33. The molecule has 0 saturated heterocycles. The normalized spacial score (nSPS) is 14.2. The smallest absolute Gasteiger partial charge is 0.262 e. The Labute approximate surface area is 184 Å². The Morgan fingerprint density at radius 1 is 0.806 bits per heavy atom. The number of benzene rings is 3. The molecule has 0 N–H and O–H groups in total. The van der Waals surface area contributed by atoms with Crippen molar-refractivity contribution in [2.45, 2.75) is 17.9 Å². The predicted molar refractivity (Wildman–Crippen MR) is 122 cm³/mol. The van der Waals surface area contributed by atoms with Gasteiger partial charge >= 0.3 is 0 Å². The number of thioether (sulfide) groups is 1. The van der Waals surface area contributed by atoms with Crippen molar-refractivity contribution < 1.29 is 9.59 Å². The molecule has 5 nitrogen and oxygen atoms in total. The van der Waals surface area contributed by atoms with E-state index in [1.54, 1.807) is 36.0 Å². The molecule has 0 radical (unpaired) electrons. The maximum atomic E-state index is 13.1. The van der Waals surface area contributed by atoms with Crippen LogP contribution in [0.25, 0.3) is 22.0 Å². The molecule has 4 aromatic rings. The highest BCUT2D eigenvalue weighted by molar-refractivity contribution is 7.98. The molecule has 1 aliphatic rings. The monoisotopic (exact) mass is 425 g/mol. The van der Waals surface area contributed by atoms with Gasteiger partial charge in [-0.25, -0.2) is 0 Å². The van der Waals surface area contributed by atoms with Crippen LogP contribution in [0.15, 0.2) is 77.7 Å². The second-order valence-electron chi connectivity index (χ2n) is 7.41. The molecule has 1 aromatic heterocycles. The molecular weight excluding hydrogens is 406 g/mol. The highest BCUT2D eigenvalue weighted by Gasteiger charge is 2.40. The summed E-state index contributed by atoms with van der Waals surface area (Å²) in [5.74, 6) is -0.599. The van der Waals surface area contributed by atoms with Gasteiger partial charge in [-0.2, -0.15) is 10.2 Å². The van der Waals surface area contributed by atoms with E-state index in [4.69, 9.17) is 0 Å². The predicted octanol–water partition coefficient (Wildman–Crippen LogP) is 5.38. The summed E-state index contributed by atoms with van der Waals surface area (Å²) in [6, 6.07) is 22.4. The summed E-state index contributed by atoms with van der Waals surface area (Å²) in [6.07, 6.45) is 2.04. The highest BCUT2D eigenvalue weighted by Crippen LogP contribution is 2.38. The van der Waals surface area contributed by atoms with Gasteiger partial charge in [-0.3, -0.25) is 14.5 Å². The standard InChI is InChI=1S/C25H19N3O2S/c1-15(28-24(29)18-7-3-4-8-19(18)25(28)30)23-22(16-11-13-17(31-2)14-12-16)20-9-5-6-10-21(20)26-27-23/h3-15H,1-2H3. The maximum Gasteiger partial charge on any atom is 0.262 e. The van der Waals surface area contributed by atoms with Gasteiger partial charge in [0.25, 0.3) is 11.8 Å². The van der Waals surface area contributed by atoms with Crippen molar-refractivity contribution >= 4 is 34.5 Å². The molecule has 3 aromatic carbocycles. The third-order valence-corrected chi connectivity index (χ3v) is 6.43. The van der Waals surface area contributed by atoms with E-state index in [9.17, 15) is 9.59 Å². The molecule has 152 valence electrons. The molecule has 1 unspecified atom stereocenters. The first-order chi connectivity index (χ1) is 15.1. The number of nitrogens with zero attached hydrogens (tertiary/aromatic N) is 3. The summed E-state index contributed by atoms with van der Waals surface area (Å²) < 4.78 is 0. The van der Waals surface area contributed by atoms with E-state index in [2.05, 4.69) is 22.3 Å². The zero-order valence-corrected chi connectivity index (χ0v) is 17.9. The van der Waals surface area contributed by atoms with Crippen molar-refractivity contribution in [3.05, 3.63) is 89.6 Å². The van der Waals surface area contributed by atoms with Gasteiger partial charge in [0.1, 0.15) is 0 Å². The lowest BCUT2D eigenvalue weighted by Gasteiger charge is -2.24. The van der Waals surface area contributed by atoms with Crippen LogP contribution in [0.2, 0.25) is 0 Å². The molecule has 5 rings (SSSR count). The average Bonchev–Trinajstić information content (AvgIpc) is 3.08. The van der Waals surface area contributed by atoms with E-state index in [0.29, 0.717) is 16.8 Å². The first-order valence-electron chi connectivity index (χ1n) is 9.97. The van der Waals surface area contributed by atoms with Crippen LogP contribution in [0.3, 0.4) is 0 Å². The summed E-state index contributed by atoms with van der Waals surface area (Å²) in [5, 5.41) is 9.83. The Balaban J connectivity index is 1.68. The quantitative estimate of drug-likeness (QED) is 0.325. The van der Waals surface area contributed by atoms with E-state index >= 15 is 0 Å². The largest absolute Gasteiger partial charge is 0.269 e. The minimum absolute atomic E-state index is 0.299. The number of carbonyl (C=O) groups excluding carboxylic acids is 2. The van der Waals surface area contributed by atoms with Gasteiger partial charge < -0.3 is 0 Å². The average molecular weight is 426 g/mol. The van der Waals surface area contributed by atoms with Crippen LogP contribution < -0.4 is 0 Å². The summed E-state index contributed by atoms with van der Waals surface area (Å²) in [6.45, 7) is 1.83. The van der Waals surface area contributed by atoms with Gasteiger partial charge in [-0.1, -0.05) is 42.5 Å². The fourth-order valence-electron chi connectivity index (χ4n) is 4.10. The molecule has 2 amide bonds. The molecular formula is C25H19N3O2S. The van der Waals surface area contributed by atoms with Crippen LogP contribution in [0.1, 0.15) is 39.4 Å². The molecule has 0 bridgehead atoms. The molecule has 0 spiro atoms. The van der Waals surface area contributed by atoms with Crippen LogP contribution in [0.5, 0.6) is 0 Å². The first kappa shape index (κ1) is 19.5. The third kappa shape index (κ3) is 3.11. The Bertz CT molecular complexity index is 1300. The zero-order chi connectivity index (χ0) is 21.5. The summed E-state index contributed by atoms with van der Waals surface area (Å²) in [5.41, 5.74) is 4.09.